The third-order valence-electron chi connectivity index (χ3n) is 3.30. The molecule has 0 aromatic heterocycles. The van der Waals surface area contributed by atoms with Crippen LogP contribution in [0.25, 0.3) is 0 Å². The first kappa shape index (κ1) is 15.3. The van der Waals surface area contributed by atoms with E-state index in [1.807, 2.05) is 6.92 Å². The molecule has 2 rings (SSSR count). The van der Waals surface area contributed by atoms with Crippen molar-refractivity contribution in [3.05, 3.63) is 29.6 Å². The number of rotatable bonds is 5. The number of nitrogens with zero attached hydrogens (tertiary/aromatic N) is 1. The van der Waals surface area contributed by atoms with E-state index in [1.54, 1.807) is 4.90 Å². The summed E-state index contributed by atoms with van der Waals surface area (Å²) >= 11 is 0. The zero-order valence-electron chi connectivity index (χ0n) is 11.0. The Morgan fingerprint density at radius 1 is 1.45 bits per heavy atom. The van der Waals surface area contributed by atoms with E-state index in [2.05, 4.69) is 0 Å². The fourth-order valence-corrected chi connectivity index (χ4v) is 2.72. The van der Waals surface area contributed by atoms with E-state index in [4.69, 9.17) is 10.7 Å². The minimum absolute atomic E-state index is 0.128. The van der Waals surface area contributed by atoms with Crippen molar-refractivity contribution in [3.63, 3.8) is 0 Å². The van der Waals surface area contributed by atoms with Crippen LogP contribution in [0.1, 0.15) is 30.1 Å². The van der Waals surface area contributed by atoms with Gasteiger partial charge in [-0.05, 0) is 43.9 Å². The normalized spacial score (nSPS) is 15.2. The molecule has 0 aliphatic heterocycles. The highest BCUT2D eigenvalue weighted by molar-refractivity contribution is 8.13. The van der Waals surface area contributed by atoms with Crippen molar-refractivity contribution in [2.45, 2.75) is 24.7 Å². The number of benzene rings is 1. The van der Waals surface area contributed by atoms with Crippen molar-refractivity contribution in [2.75, 3.05) is 13.1 Å². The first-order valence-corrected chi connectivity index (χ1v) is 8.67. The van der Waals surface area contributed by atoms with Gasteiger partial charge in [0, 0.05) is 23.8 Å². The van der Waals surface area contributed by atoms with Crippen LogP contribution in [0.2, 0.25) is 0 Å². The Hall–Kier alpha value is -1.14. The van der Waals surface area contributed by atoms with Crippen molar-refractivity contribution in [2.24, 2.45) is 5.92 Å². The summed E-state index contributed by atoms with van der Waals surface area (Å²) in [6.45, 7) is 2.93. The standard InChI is InChI=1S/C13H15ClFNO3S/c1-2-16(8-9-3-4-9)13(17)11-6-5-10(7-12(11)15)20(14,18)19/h5-7,9H,2-4,8H2,1H3. The van der Waals surface area contributed by atoms with Gasteiger partial charge in [-0.15, -0.1) is 0 Å². The van der Waals surface area contributed by atoms with Crippen LogP contribution in [-0.2, 0) is 9.05 Å². The third-order valence-corrected chi connectivity index (χ3v) is 4.65. The average Bonchev–Trinajstić information content (AvgIpc) is 3.18. The molecule has 0 saturated heterocycles. The lowest BCUT2D eigenvalue weighted by molar-refractivity contribution is 0.0752. The summed E-state index contributed by atoms with van der Waals surface area (Å²) in [4.78, 5) is 13.5. The van der Waals surface area contributed by atoms with Crippen molar-refractivity contribution >= 4 is 25.6 Å². The number of halogens is 2. The van der Waals surface area contributed by atoms with Gasteiger partial charge in [0.25, 0.3) is 15.0 Å². The molecule has 0 radical (unpaired) electrons. The van der Waals surface area contributed by atoms with Gasteiger partial charge in [-0.2, -0.15) is 0 Å². The molecule has 1 fully saturated rings. The Morgan fingerprint density at radius 3 is 2.55 bits per heavy atom. The predicted molar refractivity (Wildman–Crippen MR) is 73.7 cm³/mol. The minimum Gasteiger partial charge on any atom is -0.339 e. The van der Waals surface area contributed by atoms with Crippen LogP contribution in [0.15, 0.2) is 23.1 Å². The maximum absolute atomic E-state index is 13.9. The van der Waals surface area contributed by atoms with Gasteiger partial charge >= 0.3 is 0 Å². The Labute approximate surface area is 121 Å². The lowest BCUT2D eigenvalue weighted by Crippen LogP contribution is -2.33. The molecular formula is C13H15ClFNO3S. The molecule has 20 heavy (non-hydrogen) atoms. The molecule has 1 aromatic rings. The van der Waals surface area contributed by atoms with Gasteiger partial charge in [0.05, 0.1) is 10.5 Å². The topological polar surface area (TPSA) is 54.5 Å². The molecule has 1 aromatic carbocycles. The molecule has 0 atom stereocenters. The molecule has 0 unspecified atom stereocenters. The van der Waals surface area contributed by atoms with Gasteiger partial charge in [-0.3, -0.25) is 4.79 Å². The zero-order valence-corrected chi connectivity index (χ0v) is 12.5. The van der Waals surface area contributed by atoms with E-state index in [1.165, 1.54) is 6.07 Å². The van der Waals surface area contributed by atoms with E-state index >= 15 is 0 Å². The summed E-state index contributed by atoms with van der Waals surface area (Å²) in [6, 6.07) is 3.09. The number of carbonyl (C=O) groups excluding carboxylic acids is 1. The van der Waals surface area contributed by atoms with Gasteiger partial charge in [-0.25, -0.2) is 12.8 Å². The van der Waals surface area contributed by atoms with Crippen molar-refractivity contribution in [1.29, 1.82) is 0 Å². The fraction of sp³-hybridized carbons (Fsp3) is 0.462. The lowest BCUT2D eigenvalue weighted by atomic mass is 10.1. The van der Waals surface area contributed by atoms with Gasteiger partial charge in [-0.1, -0.05) is 0 Å². The second-order valence-electron chi connectivity index (χ2n) is 4.87. The van der Waals surface area contributed by atoms with Crippen LogP contribution in [0.4, 0.5) is 4.39 Å². The molecule has 0 heterocycles. The van der Waals surface area contributed by atoms with Gasteiger partial charge in [0.2, 0.25) is 0 Å². The van der Waals surface area contributed by atoms with Gasteiger partial charge in [0.1, 0.15) is 5.82 Å². The van der Waals surface area contributed by atoms with Gasteiger partial charge in [0.15, 0.2) is 0 Å². The Balaban J connectivity index is 2.25. The molecule has 4 nitrogen and oxygen atoms in total. The van der Waals surface area contributed by atoms with Crippen LogP contribution in [0.3, 0.4) is 0 Å². The van der Waals surface area contributed by atoms with E-state index in [-0.39, 0.29) is 10.5 Å². The first-order valence-electron chi connectivity index (χ1n) is 6.36. The van der Waals surface area contributed by atoms with E-state index in [0.717, 1.165) is 25.0 Å². The highest BCUT2D eigenvalue weighted by Gasteiger charge is 2.27. The van der Waals surface area contributed by atoms with Crippen LogP contribution in [-0.4, -0.2) is 32.3 Å². The van der Waals surface area contributed by atoms with Crippen LogP contribution < -0.4 is 0 Å². The average molecular weight is 320 g/mol. The maximum atomic E-state index is 13.9. The molecule has 1 aliphatic carbocycles. The van der Waals surface area contributed by atoms with Crippen molar-refractivity contribution in [1.82, 2.24) is 4.90 Å². The van der Waals surface area contributed by atoms with Crippen LogP contribution in [0.5, 0.6) is 0 Å². The molecule has 110 valence electrons. The van der Waals surface area contributed by atoms with Crippen molar-refractivity contribution < 1.29 is 17.6 Å². The minimum atomic E-state index is -4.00. The summed E-state index contributed by atoms with van der Waals surface area (Å²) in [6.07, 6.45) is 2.19. The largest absolute Gasteiger partial charge is 0.339 e. The third kappa shape index (κ3) is 3.49. The molecule has 1 aliphatic rings. The quantitative estimate of drug-likeness (QED) is 0.784. The Kier molecular flexibility index (Phi) is 4.34. The molecule has 7 heteroatoms. The predicted octanol–water partition coefficient (Wildman–Crippen LogP) is 2.63. The van der Waals surface area contributed by atoms with Gasteiger partial charge < -0.3 is 4.90 Å². The number of hydrogen-bond acceptors (Lipinski definition) is 3. The highest BCUT2D eigenvalue weighted by Crippen LogP contribution is 2.30. The molecule has 0 N–H and O–H groups in total. The smallest absolute Gasteiger partial charge is 0.261 e. The summed E-state index contributed by atoms with van der Waals surface area (Å²) in [5, 5.41) is 0. The molecule has 1 amide bonds. The SMILES string of the molecule is CCN(CC1CC1)C(=O)c1ccc(S(=O)(=O)Cl)cc1F. The zero-order chi connectivity index (χ0) is 14.9. The van der Waals surface area contributed by atoms with E-state index < -0.39 is 20.8 Å². The summed E-state index contributed by atoms with van der Waals surface area (Å²) in [5.74, 6) is -0.786. The second-order valence-corrected chi connectivity index (χ2v) is 7.43. The summed E-state index contributed by atoms with van der Waals surface area (Å²) in [5.41, 5.74) is -0.128. The number of amides is 1. The maximum Gasteiger partial charge on any atom is 0.261 e. The molecule has 1 saturated carbocycles. The van der Waals surface area contributed by atoms with E-state index in [0.29, 0.717) is 19.0 Å². The summed E-state index contributed by atoms with van der Waals surface area (Å²) in [7, 11) is 1.14. The molecule has 0 spiro atoms. The number of carbonyl (C=O) groups is 1. The summed E-state index contributed by atoms with van der Waals surface area (Å²) < 4.78 is 36.1. The Morgan fingerprint density at radius 2 is 2.10 bits per heavy atom. The Bertz CT molecular complexity index is 629. The van der Waals surface area contributed by atoms with Crippen LogP contribution >= 0.6 is 10.7 Å². The lowest BCUT2D eigenvalue weighted by Gasteiger charge is -2.21. The van der Waals surface area contributed by atoms with Crippen LogP contribution in [0, 0.1) is 11.7 Å². The molecule has 0 bridgehead atoms. The first-order chi connectivity index (χ1) is 9.32. The monoisotopic (exact) mass is 319 g/mol. The second kappa shape index (κ2) is 5.69. The highest BCUT2D eigenvalue weighted by atomic mass is 35.7. The van der Waals surface area contributed by atoms with E-state index in [9.17, 15) is 17.6 Å². The van der Waals surface area contributed by atoms with Crippen molar-refractivity contribution in [3.8, 4) is 0 Å². The number of hydrogen-bond donors (Lipinski definition) is 0. The fourth-order valence-electron chi connectivity index (χ4n) is 1.96. The molecular weight excluding hydrogens is 305 g/mol.